The lowest BCUT2D eigenvalue weighted by molar-refractivity contribution is -0.167. The smallest absolute Gasteiger partial charge is 0.283 e. The van der Waals surface area contributed by atoms with E-state index < -0.39 is 5.43 Å². The van der Waals surface area contributed by atoms with Gasteiger partial charge in [-0.25, -0.2) is 4.79 Å². The molecule has 0 bridgehead atoms. The van der Waals surface area contributed by atoms with Crippen LogP contribution in [0.4, 0.5) is 4.79 Å². The standard InChI is InChI=1S/CHClO3/c2-1(3)5-4/h4H. The Kier molecular flexibility index (Phi) is 1.88. The number of hydrogen-bond acceptors (Lipinski definition) is 3. The van der Waals surface area contributed by atoms with E-state index in [1.165, 1.54) is 0 Å². The van der Waals surface area contributed by atoms with Crippen LogP contribution in [0.15, 0.2) is 0 Å². The Balaban J connectivity index is 2.85. The normalized spacial score (nSPS) is 6.80. The van der Waals surface area contributed by atoms with E-state index in [1.54, 1.807) is 0 Å². The first-order chi connectivity index (χ1) is 2.27. The fourth-order valence-corrected chi connectivity index (χ4v) is 0. The Bertz CT molecular complexity index is 42.2. The van der Waals surface area contributed by atoms with Gasteiger partial charge in [0.2, 0.25) is 0 Å². The highest BCUT2D eigenvalue weighted by molar-refractivity contribution is 6.61. The maximum atomic E-state index is 9.11. The van der Waals surface area contributed by atoms with Gasteiger partial charge in [0.15, 0.2) is 0 Å². The van der Waals surface area contributed by atoms with Gasteiger partial charge in [-0.15, -0.1) is 0 Å². The first-order valence-electron chi connectivity index (χ1n) is 0.780. The predicted molar refractivity (Wildman–Crippen MR) is 15.0 cm³/mol. The van der Waals surface area contributed by atoms with Gasteiger partial charge in [0.25, 0.3) is 0 Å². The molecule has 0 heterocycles. The van der Waals surface area contributed by atoms with Gasteiger partial charge in [0.1, 0.15) is 0 Å². The molecule has 0 aromatic heterocycles. The minimum atomic E-state index is -1.22. The van der Waals surface area contributed by atoms with Crippen LogP contribution in [0.25, 0.3) is 0 Å². The number of rotatable bonds is 0. The summed E-state index contributed by atoms with van der Waals surface area (Å²) in [4.78, 5) is 12.0. The van der Waals surface area contributed by atoms with Crippen LogP contribution in [0.2, 0.25) is 0 Å². The summed E-state index contributed by atoms with van der Waals surface area (Å²) >= 11 is 4.35. The number of carbonyl (C=O) groups excluding carboxylic acids is 1. The molecule has 0 atom stereocenters. The van der Waals surface area contributed by atoms with Crippen molar-refractivity contribution in [2.75, 3.05) is 0 Å². The van der Waals surface area contributed by atoms with Gasteiger partial charge in [-0.1, -0.05) is 0 Å². The average Bonchev–Trinajstić information content (AvgIpc) is 1.38. The first-order valence-corrected chi connectivity index (χ1v) is 1.16. The molecule has 0 aromatic rings. The zero-order valence-electron chi connectivity index (χ0n) is 2.14. The van der Waals surface area contributed by atoms with Gasteiger partial charge in [-0.3, -0.25) is 4.89 Å². The van der Waals surface area contributed by atoms with Gasteiger partial charge >= 0.3 is 5.43 Å². The Morgan fingerprint density at radius 2 is 2.20 bits per heavy atom. The molecular formula is CHClO3. The second kappa shape index (κ2) is 1.99. The lowest BCUT2D eigenvalue weighted by Crippen LogP contribution is -1.81. The lowest BCUT2D eigenvalue weighted by atomic mass is 11.6. The lowest BCUT2D eigenvalue weighted by Gasteiger charge is -1.73. The van der Waals surface area contributed by atoms with Crippen LogP contribution in [0, 0.1) is 0 Å². The summed E-state index contributed by atoms with van der Waals surface area (Å²) in [5.41, 5.74) is -1.22. The molecule has 0 saturated heterocycles. The average molecular weight is 96.5 g/mol. The van der Waals surface area contributed by atoms with Crippen molar-refractivity contribution in [2.45, 2.75) is 0 Å². The van der Waals surface area contributed by atoms with E-state index in [-0.39, 0.29) is 0 Å². The quantitative estimate of drug-likeness (QED) is 0.276. The molecule has 0 aliphatic heterocycles. The van der Waals surface area contributed by atoms with E-state index in [2.05, 4.69) is 16.5 Å². The third-order valence-corrected chi connectivity index (χ3v) is 0.141. The summed E-state index contributed by atoms with van der Waals surface area (Å²) in [5, 5.41) is 7.16. The number of carbonyl (C=O) groups is 1. The highest BCUT2D eigenvalue weighted by Crippen LogP contribution is 1.77. The zero-order chi connectivity index (χ0) is 4.28. The second-order valence-electron chi connectivity index (χ2n) is 0.329. The maximum Gasteiger partial charge on any atom is 0.435 e. The number of hydrogen-bond donors (Lipinski definition) is 1. The highest BCUT2D eigenvalue weighted by atomic mass is 35.5. The largest absolute Gasteiger partial charge is 0.435 e. The first kappa shape index (κ1) is 4.72. The number of halogens is 1. The summed E-state index contributed by atoms with van der Waals surface area (Å²) in [6.07, 6.45) is 0. The van der Waals surface area contributed by atoms with E-state index in [0.717, 1.165) is 0 Å². The van der Waals surface area contributed by atoms with Crippen molar-refractivity contribution in [1.29, 1.82) is 0 Å². The van der Waals surface area contributed by atoms with E-state index in [4.69, 9.17) is 10.1 Å². The Labute approximate surface area is 33.0 Å². The molecule has 0 saturated carbocycles. The van der Waals surface area contributed by atoms with Crippen molar-refractivity contribution >= 4 is 17.0 Å². The Hall–Kier alpha value is -0.280. The van der Waals surface area contributed by atoms with Crippen molar-refractivity contribution in [2.24, 2.45) is 0 Å². The Morgan fingerprint density at radius 3 is 2.20 bits per heavy atom. The molecule has 0 radical (unpaired) electrons. The molecule has 0 aliphatic rings. The third kappa shape index (κ3) is 3.72. The van der Waals surface area contributed by atoms with Crippen molar-refractivity contribution in [3.8, 4) is 0 Å². The summed E-state index contributed by atoms with van der Waals surface area (Å²) in [7, 11) is 0. The van der Waals surface area contributed by atoms with E-state index in [9.17, 15) is 0 Å². The minimum absolute atomic E-state index is 1.22. The molecule has 3 nitrogen and oxygen atoms in total. The maximum absolute atomic E-state index is 9.11. The topological polar surface area (TPSA) is 46.5 Å². The molecule has 4 heteroatoms. The van der Waals surface area contributed by atoms with Gasteiger partial charge < -0.3 is 0 Å². The molecule has 0 rings (SSSR count). The highest BCUT2D eigenvalue weighted by Gasteiger charge is 1.84. The van der Waals surface area contributed by atoms with Crippen LogP contribution in [0.3, 0.4) is 0 Å². The van der Waals surface area contributed by atoms with E-state index >= 15 is 0 Å². The van der Waals surface area contributed by atoms with Crippen LogP contribution in [0.1, 0.15) is 0 Å². The zero-order valence-corrected chi connectivity index (χ0v) is 2.90. The van der Waals surface area contributed by atoms with Gasteiger partial charge in [-0.2, -0.15) is 5.26 Å². The fourth-order valence-electron chi connectivity index (χ4n) is 0. The van der Waals surface area contributed by atoms with Gasteiger partial charge in [0.05, 0.1) is 0 Å². The summed E-state index contributed by atoms with van der Waals surface area (Å²) in [6.45, 7) is 0. The van der Waals surface area contributed by atoms with Gasteiger partial charge in [-0.05, 0) is 0 Å². The Morgan fingerprint density at radius 1 is 2.00 bits per heavy atom. The van der Waals surface area contributed by atoms with Gasteiger partial charge in [0, 0.05) is 11.6 Å². The van der Waals surface area contributed by atoms with Crippen LogP contribution < -0.4 is 0 Å². The van der Waals surface area contributed by atoms with Crippen LogP contribution in [-0.4, -0.2) is 10.7 Å². The SMILES string of the molecule is O=C(Cl)OO. The van der Waals surface area contributed by atoms with Crippen LogP contribution in [0.5, 0.6) is 0 Å². The van der Waals surface area contributed by atoms with Crippen molar-refractivity contribution in [3.05, 3.63) is 0 Å². The molecule has 0 unspecified atom stereocenters. The molecule has 0 aliphatic carbocycles. The third-order valence-electron chi connectivity index (χ3n) is 0.0718. The van der Waals surface area contributed by atoms with Crippen LogP contribution in [-0.2, 0) is 4.89 Å². The summed E-state index contributed by atoms with van der Waals surface area (Å²) < 4.78 is 0. The molecule has 0 fully saturated rings. The molecule has 5 heavy (non-hydrogen) atoms. The second-order valence-corrected chi connectivity index (χ2v) is 0.638. The molecule has 30 valence electrons. The van der Waals surface area contributed by atoms with E-state index in [0.29, 0.717) is 0 Å². The van der Waals surface area contributed by atoms with Crippen molar-refractivity contribution < 1.29 is 14.9 Å². The predicted octanol–water partition coefficient (Wildman–Crippen LogP) is 0.835. The molecule has 0 amide bonds. The summed E-state index contributed by atoms with van der Waals surface area (Å²) in [6, 6.07) is 0. The van der Waals surface area contributed by atoms with Crippen molar-refractivity contribution in [1.82, 2.24) is 0 Å². The molecule has 0 spiro atoms. The molecule has 1 N–H and O–H groups in total. The minimum Gasteiger partial charge on any atom is -0.283 e. The van der Waals surface area contributed by atoms with Crippen molar-refractivity contribution in [3.63, 3.8) is 0 Å². The fraction of sp³-hybridized carbons (Fsp3) is 0. The van der Waals surface area contributed by atoms with E-state index in [1.807, 2.05) is 0 Å². The monoisotopic (exact) mass is 96.0 g/mol. The molecular weight excluding hydrogens is 95.5 g/mol. The summed E-state index contributed by atoms with van der Waals surface area (Å²) in [5.74, 6) is 0. The molecule has 0 aromatic carbocycles. The van der Waals surface area contributed by atoms with Crippen LogP contribution >= 0.6 is 11.6 Å².